The van der Waals surface area contributed by atoms with Crippen molar-refractivity contribution in [2.45, 2.75) is 89.4 Å². The van der Waals surface area contributed by atoms with E-state index in [4.69, 9.17) is 11.6 Å². The van der Waals surface area contributed by atoms with Gasteiger partial charge in [0.25, 0.3) is 0 Å². The molecule has 0 bridgehead atoms. The Morgan fingerprint density at radius 2 is 1.88 bits per heavy atom. The molecule has 2 amide bonds. The van der Waals surface area contributed by atoms with Gasteiger partial charge in [0.2, 0.25) is 11.8 Å². The Morgan fingerprint density at radius 3 is 2.50 bits per heavy atom. The molecule has 4 atom stereocenters. The second-order valence-corrected chi connectivity index (χ2v) is 12.6. The minimum atomic E-state index is -0.762. The molecule has 5 rings (SSSR count). The van der Waals surface area contributed by atoms with Crippen molar-refractivity contribution in [1.29, 1.82) is 0 Å². The molecule has 4 unspecified atom stereocenters. The first kappa shape index (κ1) is 28.6. The molecule has 2 aromatic rings. The average Bonchev–Trinajstić information content (AvgIpc) is 3.60. The summed E-state index contributed by atoms with van der Waals surface area (Å²) in [6.07, 6.45) is 8.32. The Bertz CT molecular complexity index is 1220. The number of carbonyl (C=O) groups is 2. The molecule has 216 valence electrons. The Hall–Kier alpha value is -2.95. The molecule has 10 heteroatoms. The lowest BCUT2D eigenvalue weighted by molar-refractivity contribution is -0.144. The maximum atomic E-state index is 14.1. The van der Waals surface area contributed by atoms with E-state index in [1.54, 1.807) is 22.4 Å². The minimum absolute atomic E-state index is 0.0792. The number of aliphatic hydroxyl groups excluding tert-OH is 1. The number of rotatable bonds is 9. The molecule has 1 aromatic heterocycles. The molecule has 6 N–H and O–H groups in total. The lowest BCUT2D eigenvalue weighted by Crippen LogP contribution is -2.57. The molecule has 9 nitrogen and oxygen atoms in total. The van der Waals surface area contributed by atoms with Crippen LogP contribution >= 0.6 is 11.3 Å². The van der Waals surface area contributed by atoms with Gasteiger partial charge in [0.05, 0.1) is 28.2 Å². The van der Waals surface area contributed by atoms with Crippen molar-refractivity contribution in [1.82, 2.24) is 20.2 Å². The third-order valence-corrected chi connectivity index (χ3v) is 9.64. The van der Waals surface area contributed by atoms with Crippen molar-refractivity contribution < 1.29 is 14.7 Å². The second kappa shape index (κ2) is 12.3. The van der Waals surface area contributed by atoms with Gasteiger partial charge in [-0.05, 0) is 56.6 Å². The number of aromatic nitrogens is 1. The highest BCUT2D eigenvalue weighted by Crippen LogP contribution is 2.35. The van der Waals surface area contributed by atoms with Gasteiger partial charge in [-0.25, -0.2) is 10.8 Å². The van der Waals surface area contributed by atoms with E-state index in [1.807, 2.05) is 43.6 Å². The number of amides is 2. The van der Waals surface area contributed by atoms with Gasteiger partial charge in [-0.1, -0.05) is 43.5 Å². The van der Waals surface area contributed by atoms with Gasteiger partial charge in [0.1, 0.15) is 12.1 Å². The van der Waals surface area contributed by atoms with Crippen molar-refractivity contribution in [2.75, 3.05) is 6.54 Å². The van der Waals surface area contributed by atoms with E-state index in [1.165, 1.54) is 5.01 Å². The molecule has 1 aliphatic heterocycles. The van der Waals surface area contributed by atoms with Gasteiger partial charge < -0.3 is 26.1 Å². The number of allylic oxidation sites excluding steroid dienone is 1. The largest absolute Gasteiger partial charge is 0.401 e. The SMILES string of the molecule is Cc1ncsc1-c1ccc(C(C)NC(=O)C2CC(O)CN2C(=O)C(C2CCCCC2)N(N)/C=C(\N)C2CC2)cc1. The number of β-amino-alcohol motifs (C(OH)–C–C–N with tert-alkyl or cyclic N) is 1. The van der Waals surface area contributed by atoms with Gasteiger partial charge in [0.15, 0.2) is 0 Å². The van der Waals surface area contributed by atoms with Crippen molar-refractivity contribution in [3.63, 3.8) is 0 Å². The van der Waals surface area contributed by atoms with E-state index in [2.05, 4.69) is 10.3 Å². The number of likely N-dealkylation sites (tertiary alicyclic amines) is 1. The monoisotopic (exact) mass is 566 g/mol. The molecular weight excluding hydrogens is 524 g/mol. The third-order valence-electron chi connectivity index (χ3n) is 8.66. The van der Waals surface area contributed by atoms with Crippen LogP contribution in [-0.2, 0) is 9.59 Å². The summed E-state index contributed by atoms with van der Waals surface area (Å²) in [5, 5.41) is 15.1. The van der Waals surface area contributed by atoms with Crippen LogP contribution in [0.2, 0.25) is 0 Å². The van der Waals surface area contributed by atoms with Gasteiger partial charge in [-0.3, -0.25) is 9.59 Å². The molecule has 3 aliphatic rings. The number of nitrogens with two attached hydrogens (primary N) is 2. The highest BCUT2D eigenvalue weighted by molar-refractivity contribution is 7.13. The molecule has 0 radical (unpaired) electrons. The summed E-state index contributed by atoms with van der Waals surface area (Å²) in [6, 6.07) is 6.46. The Labute approximate surface area is 240 Å². The molecule has 1 aromatic carbocycles. The first-order valence-corrected chi connectivity index (χ1v) is 15.4. The van der Waals surface area contributed by atoms with Gasteiger partial charge >= 0.3 is 0 Å². The van der Waals surface area contributed by atoms with E-state index in [9.17, 15) is 14.7 Å². The molecule has 40 heavy (non-hydrogen) atoms. The maximum Gasteiger partial charge on any atom is 0.247 e. The minimum Gasteiger partial charge on any atom is -0.401 e. The van der Waals surface area contributed by atoms with Crippen molar-refractivity contribution in [2.24, 2.45) is 23.4 Å². The van der Waals surface area contributed by atoms with Crippen LogP contribution in [0.4, 0.5) is 0 Å². The predicted molar refractivity (Wildman–Crippen MR) is 156 cm³/mol. The molecule has 2 heterocycles. The van der Waals surface area contributed by atoms with Crippen LogP contribution < -0.4 is 16.9 Å². The number of hydrogen-bond acceptors (Lipinski definition) is 8. The Kier molecular flexibility index (Phi) is 8.77. The zero-order chi connectivity index (χ0) is 28.4. The van der Waals surface area contributed by atoms with Crippen molar-refractivity contribution in [3.05, 3.63) is 52.9 Å². The molecule has 2 aliphatic carbocycles. The smallest absolute Gasteiger partial charge is 0.247 e. The Balaban J connectivity index is 1.30. The highest BCUT2D eigenvalue weighted by atomic mass is 32.1. The normalized spacial score (nSPS) is 23.6. The Morgan fingerprint density at radius 1 is 1.18 bits per heavy atom. The summed E-state index contributed by atoms with van der Waals surface area (Å²) < 4.78 is 0. The predicted octanol–water partition coefficient (Wildman–Crippen LogP) is 3.59. The van der Waals surface area contributed by atoms with Crippen LogP contribution in [0, 0.1) is 18.8 Å². The fourth-order valence-electron chi connectivity index (χ4n) is 6.17. The van der Waals surface area contributed by atoms with E-state index >= 15 is 0 Å². The van der Waals surface area contributed by atoms with E-state index in [0.717, 1.165) is 66.6 Å². The summed E-state index contributed by atoms with van der Waals surface area (Å²) in [6.45, 7) is 4.04. The topological polar surface area (TPSA) is 138 Å². The summed E-state index contributed by atoms with van der Waals surface area (Å²) >= 11 is 1.60. The molecule has 0 spiro atoms. The first-order chi connectivity index (χ1) is 19.2. The number of carbonyl (C=O) groups excluding carboxylic acids is 2. The fraction of sp³-hybridized carbons (Fsp3) is 0.567. The first-order valence-electron chi connectivity index (χ1n) is 14.5. The van der Waals surface area contributed by atoms with Crippen LogP contribution in [0.25, 0.3) is 10.4 Å². The lowest BCUT2D eigenvalue weighted by Gasteiger charge is -2.38. The molecule has 3 fully saturated rings. The van der Waals surface area contributed by atoms with Crippen LogP contribution in [-0.4, -0.2) is 56.5 Å². The van der Waals surface area contributed by atoms with E-state index < -0.39 is 18.2 Å². The summed E-state index contributed by atoms with van der Waals surface area (Å²) in [7, 11) is 0. The number of hydrogen-bond donors (Lipinski definition) is 4. The summed E-state index contributed by atoms with van der Waals surface area (Å²) in [5.41, 5.74) is 11.9. The summed E-state index contributed by atoms with van der Waals surface area (Å²) in [4.78, 5) is 34.6. The standard InChI is InChI=1S/C30H42N6O3S/c1-18(20-8-12-23(13-9-20)28-19(2)33-17-40-28)34-29(38)26-14-24(37)15-35(26)30(39)27(22-6-4-3-5-7-22)36(32)16-25(31)21-10-11-21/h8-9,12-13,16-18,21-22,24,26-27,37H,3-7,10-11,14-15,31-32H2,1-2H3,(H,34,38)/b25-16-. The van der Waals surface area contributed by atoms with Crippen LogP contribution in [0.15, 0.2) is 41.7 Å². The zero-order valence-corrected chi connectivity index (χ0v) is 24.3. The highest BCUT2D eigenvalue weighted by Gasteiger charge is 2.44. The van der Waals surface area contributed by atoms with Gasteiger partial charge in [-0.2, -0.15) is 0 Å². The number of nitrogens with zero attached hydrogens (tertiary/aromatic N) is 3. The maximum absolute atomic E-state index is 14.1. The number of hydrazine groups is 1. The van der Waals surface area contributed by atoms with Crippen LogP contribution in [0.5, 0.6) is 0 Å². The lowest BCUT2D eigenvalue weighted by atomic mass is 9.83. The quantitative estimate of drug-likeness (QED) is 0.269. The second-order valence-electron chi connectivity index (χ2n) is 11.7. The molecule has 2 saturated carbocycles. The van der Waals surface area contributed by atoms with Crippen LogP contribution in [0.3, 0.4) is 0 Å². The molecular formula is C30H42N6O3S. The third kappa shape index (κ3) is 6.34. The van der Waals surface area contributed by atoms with Gasteiger partial charge in [-0.15, -0.1) is 11.3 Å². The molecule has 1 saturated heterocycles. The fourth-order valence-corrected chi connectivity index (χ4v) is 6.98. The number of aliphatic hydroxyl groups is 1. The van der Waals surface area contributed by atoms with Crippen molar-refractivity contribution >= 4 is 23.2 Å². The number of benzene rings is 1. The number of nitrogens with one attached hydrogen (secondary N) is 1. The summed E-state index contributed by atoms with van der Waals surface area (Å²) in [5.74, 6) is 6.46. The van der Waals surface area contributed by atoms with E-state index in [0.29, 0.717) is 11.6 Å². The number of thiazole rings is 1. The zero-order valence-electron chi connectivity index (χ0n) is 23.5. The average molecular weight is 567 g/mol. The van der Waals surface area contributed by atoms with Crippen LogP contribution in [0.1, 0.15) is 75.6 Å². The van der Waals surface area contributed by atoms with Gasteiger partial charge in [0, 0.05) is 30.8 Å². The number of aryl methyl sites for hydroxylation is 1. The van der Waals surface area contributed by atoms with Crippen molar-refractivity contribution in [3.8, 4) is 10.4 Å². The van der Waals surface area contributed by atoms with E-state index in [-0.39, 0.29) is 36.7 Å².